The molecule has 3 aromatic rings. The van der Waals surface area contributed by atoms with E-state index < -0.39 is 23.8 Å². The number of anilines is 1. The van der Waals surface area contributed by atoms with Crippen molar-refractivity contribution in [2.45, 2.75) is 58.7 Å². The lowest BCUT2D eigenvalue weighted by Gasteiger charge is -2.34. The van der Waals surface area contributed by atoms with Crippen LogP contribution in [0.5, 0.6) is 0 Å². The molecule has 3 aromatic carbocycles. The highest BCUT2D eigenvalue weighted by molar-refractivity contribution is 7.98. The number of ether oxygens (including phenoxy) is 1. The molecule has 3 amide bonds. The first-order valence-electron chi connectivity index (χ1n) is 13.7. The Morgan fingerprint density at radius 3 is 2.34 bits per heavy atom. The molecule has 8 heteroatoms. The lowest BCUT2D eigenvalue weighted by molar-refractivity contribution is -0.140. The maximum Gasteiger partial charge on any atom is 0.408 e. The third-order valence-corrected chi connectivity index (χ3v) is 7.28. The van der Waals surface area contributed by atoms with Gasteiger partial charge in [-0.05, 0) is 92.6 Å². The average molecular weight is 576 g/mol. The molecule has 0 aliphatic carbocycles. The minimum absolute atomic E-state index is 0.104. The molecule has 218 valence electrons. The van der Waals surface area contributed by atoms with Gasteiger partial charge in [-0.3, -0.25) is 9.59 Å². The van der Waals surface area contributed by atoms with Gasteiger partial charge >= 0.3 is 6.09 Å². The minimum Gasteiger partial charge on any atom is -0.444 e. The van der Waals surface area contributed by atoms with Crippen LogP contribution in [-0.4, -0.2) is 53.0 Å². The van der Waals surface area contributed by atoms with Gasteiger partial charge in [0.2, 0.25) is 5.91 Å². The van der Waals surface area contributed by atoms with Crippen molar-refractivity contribution in [3.8, 4) is 0 Å². The Hall–Kier alpha value is -3.78. The van der Waals surface area contributed by atoms with E-state index in [0.29, 0.717) is 23.4 Å². The highest BCUT2D eigenvalue weighted by atomic mass is 32.2. The molecular formula is C33H41N3O4S. The molecule has 2 atom stereocenters. The summed E-state index contributed by atoms with van der Waals surface area (Å²) >= 11 is 1.57. The Bertz CT molecular complexity index is 1400. The molecule has 0 spiro atoms. The maximum atomic E-state index is 14.2. The van der Waals surface area contributed by atoms with Crippen molar-refractivity contribution in [3.63, 3.8) is 0 Å². The van der Waals surface area contributed by atoms with Crippen LogP contribution in [0.2, 0.25) is 0 Å². The number of thioether (sulfide) groups is 1. The van der Waals surface area contributed by atoms with Crippen molar-refractivity contribution in [2.75, 3.05) is 23.9 Å². The zero-order valence-electron chi connectivity index (χ0n) is 24.8. The number of rotatable bonds is 11. The molecule has 41 heavy (non-hydrogen) atoms. The molecule has 0 saturated carbocycles. The van der Waals surface area contributed by atoms with Crippen LogP contribution in [0.3, 0.4) is 0 Å². The molecule has 0 heterocycles. The van der Waals surface area contributed by atoms with Gasteiger partial charge in [-0.25, -0.2) is 4.79 Å². The van der Waals surface area contributed by atoms with E-state index in [1.807, 2.05) is 80.8 Å². The number of nitrogens with zero attached hydrogens (tertiary/aromatic N) is 1. The molecule has 2 unspecified atom stereocenters. The fourth-order valence-corrected chi connectivity index (χ4v) is 4.96. The monoisotopic (exact) mass is 575 g/mol. The van der Waals surface area contributed by atoms with Crippen LogP contribution in [0.15, 0.2) is 73.3 Å². The van der Waals surface area contributed by atoms with Gasteiger partial charge in [-0.15, -0.1) is 6.58 Å². The summed E-state index contributed by atoms with van der Waals surface area (Å²) in [6.07, 6.45) is 3.22. The number of fused-ring (bicyclic) bond motifs is 1. The summed E-state index contributed by atoms with van der Waals surface area (Å²) in [4.78, 5) is 42.4. The fraction of sp³-hybridized carbons (Fsp3) is 0.364. The van der Waals surface area contributed by atoms with Gasteiger partial charge in [0, 0.05) is 12.2 Å². The van der Waals surface area contributed by atoms with Gasteiger partial charge in [-0.1, -0.05) is 54.6 Å². The average Bonchev–Trinajstić information content (AvgIpc) is 2.91. The van der Waals surface area contributed by atoms with E-state index in [4.69, 9.17) is 4.74 Å². The lowest BCUT2D eigenvalue weighted by atomic mass is 9.98. The van der Waals surface area contributed by atoms with E-state index in [1.165, 1.54) is 4.90 Å². The molecule has 0 aromatic heterocycles. The second-order valence-corrected chi connectivity index (χ2v) is 12.0. The predicted molar refractivity (Wildman–Crippen MR) is 169 cm³/mol. The largest absolute Gasteiger partial charge is 0.444 e. The van der Waals surface area contributed by atoms with Crippen molar-refractivity contribution in [1.82, 2.24) is 10.2 Å². The van der Waals surface area contributed by atoms with Gasteiger partial charge in [-0.2, -0.15) is 11.8 Å². The van der Waals surface area contributed by atoms with Crippen LogP contribution in [0, 0.1) is 13.8 Å². The van der Waals surface area contributed by atoms with E-state index in [2.05, 4.69) is 17.2 Å². The van der Waals surface area contributed by atoms with Gasteiger partial charge in [0.15, 0.2) is 0 Å². The van der Waals surface area contributed by atoms with Gasteiger partial charge in [0.1, 0.15) is 17.7 Å². The third-order valence-electron chi connectivity index (χ3n) is 6.63. The van der Waals surface area contributed by atoms with Gasteiger partial charge in [0.05, 0.1) is 0 Å². The zero-order chi connectivity index (χ0) is 30.2. The number of hydrogen-bond acceptors (Lipinski definition) is 5. The number of amides is 3. The molecule has 0 radical (unpaired) electrons. The Kier molecular flexibility index (Phi) is 11.0. The normalized spacial score (nSPS) is 12.7. The van der Waals surface area contributed by atoms with Gasteiger partial charge in [0.25, 0.3) is 5.91 Å². The van der Waals surface area contributed by atoms with E-state index in [1.54, 1.807) is 38.6 Å². The molecular weight excluding hydrogens is 534 g/mol. The number of carbonyl (C=O) groups is 3. The lowest BCUT2D eigenvalue weighted by Crippen LogP contribution is -2.52. The standard InChI is InChI=1S/C33H41N3O4S/c1-8-18-36(31(38)28(17-19-41-7)35-32(39)40-33(4,5)6)29(26-14-13-22(2)23(3)20-26)30(37)34-27-16-15-24-11-9-10-12-25(24)21-27/h8-16,20-21,28-29H,1,17-19H2,2-7H3,(H,34,37)(H,35,39). The van der Waals surface area contributed by atoms with Crippen LogP contribution in [0.25, 0.3) is 10.8 Å². The van der Waals surface area contributed by atoms with E-state index in [9.17, 15) is 14.4 Å². The van der Waals surface area contributed by atoms with Crippen LogP contribution in [0.4, 0.5) is 10.5 Å². The van der Waals surface area contributed by atoms with Crippen molar-refractivity contribution in [3.05, 3.63) is 90.0 Å². The predicted octanol–water partition coefficient (Wildman–Crippen LogP) is 6.80. The number of aryl methyl sites for hydroxylation is 2. The summed E-state index contributed by atoms with van der Waals surface area (Å²) in [7, 11) is 0. The molecule has 3 rings (SSSR count). The third kappa shape index (κ3) is 8.85. The molecule has 7 nitrogen and oxygen atoms in total. The number of nitrogens with one attached hydrogen (secondary N) is 2. The van der Waals surface area contributed by atoms with E-state index in [-0.39, 0.29) is 18.4 Å². The van der Waals surface area contributed by atoms with Crippen LogP contribution in [-0.2, 0) is 14.3 Å². The molecule has 0 bridgehead atoms. The number of hydrogen-bond donors (Lipinski definition) is 2. The summed E-state index contributed by atoms with van der Waals surface area (Å²) in [5.74, 6) is -0.118. The van der Waals surface area contributed by atoms with Crippen molar-refractivity contribution < 1.29 is 19.1 Å². The van der Waals surface area contributed by atoms with Crippen LogP contribution in [0.1, 0.15) is 49.9 Å². The Labute approximate surface area is 247 Å². The molecule has 0 saturated heterocycles. The van der Waals surface area contributed by atoms with Crippen molar-refractivity contribution in [2.24, 2.45) is 0 Å². The van der Waals surface area contributed by atoms with Crippen LogP contribution >= 0.6 is 11.8 Å². The summed E-state index contributed by atoms with van der Waals surface area (Å²) in [6.45, 7) is 13.2. The fourth-order valence-electron chi connectivity index (χ4n) is 4.49. The first-order valence-corrected chi connectivity index (χ1v) is 15.1. The summed E-state index contributed by atoms with van der Waals surface area (Å²) in [5.41, 5.74) is 2.65. The quantitative estimate of drug-likeness (QED) is 0.246. The van der Waals surface area contributed by atoms with E-state index in [0.717, 1.165) is 21.9 Å². The first-order chi connectivity index (χ1) is 19.4. The first kappa shape index (κ1) is 31.7. The second-order valence-electron chi connectivity index (χ2n) is 11.1. The molecule has 0 fully saturated rings. The number of alkyl carbamates (subject to hydrolysis) is 1. The summed E-state index contributed by atoms with van der Waals surface area (Å²) in [5, 5.41) is 7.83. The Morgan fingerprint density at radius 1 is 1.00 bits per heavy atom. The second kappa shape index (κ2) is 14.2. The Balaban J connectivity index is 2.02. The highest BCUT2D eigenvalue weighted by Crippen LogP contribution is 2.28. The Morgan fingerprint density at radius 2 is 1.71 bits per heavy atom. The topological polar surface area (TPSA) is 87.7 Å². The number of carbonyl (C=O) groups excluding carboxylic acids is 3. The zero-order valence-corrected chi connectivity index (χ0v) is 25.6. The van der Waals surface area contributed by atoms with E-state index >= 15 is 0 Å². The maximum absolute atomic E-state index is 14.2. The molecule has 2 N–H and O–H groups in total. The van der Waals surface area contributed by atoms with Crippen LogP contribution < -0.4 is 10.6 Å². The highest BCUT2D eigenvalue weighted by Gasteiger charge is 2.36. The number of benzene rings is 3. The SMILES string of the molecule is C=CCN(C(=O)C(CCSC)NC(=O)OC(C)(C)C)C(C(=O)Nc1ccc2ccccc2c1)c1ccc(C)c(C)c1. The summed E-state index contributed by atoms with van der Waals surface area (Å²) in [6, 6.07) is 17.5. The summed E-state index contributed by atoms with van der Waals surface area (Å²) < 4.78 is 5.45. The van der Waals surface area contributed by atoms with Crippen molar-refractivity contribution in [1.29, 1.82) is 0 Å². The van der Waals surface area contributed by atoms with Gasteiger partial charge < -0.3 is 20.3 Å². The minimum atomic E-state index is -0.969. The molecule has 0 aliphatic rings. The molecule has 0 aliphatic heterocycles. The van der Waals surface area contributed by atoms with Crippen molar-refractivity contribution >= 4 is 46.1 Å². The smallest absolute Gasteiger partial charge is 0.408 e.